The van der Waals surface area contributed by atoms with Gasteiger partial charge in [-0.2, -0.15) is 0 Å². The Morgan fingerprint density at radius 3 is 1.32 bits per heavy atom. The van der Waals surface area contributed by atoms with E-state index in [1.54, 1.807) is 25.7 Å². The van der Waals surface area contributed by atoms with Gasteiger partial charge in [0, 0.05) is 6.42 Å². The third kappa shape index (κ3) is 19.1. The fourth-order valence-electron chi connectivity index (χ4n) is 5.17. The van der Waals surface area contributed by atoms with Crippen LogP contribution in [-0.2, 0) is 4.79 Å². The number of unbranched alkanes of at least 4 members (excludes halogenated alkanes) is 12. The second kappa shape index (κ2) is 21.7. The van der Waals surface area contributed by atoms with Crippen LogP contribution in [0, 0.1) is 0 Å². The van der Waals surface area contributed by atoms with Crippen LogP contribution in [0.5, 0.6) is 0 Å². The summed E-state index contributed by atoms with van der Waals surface area (Å²) in [6.07, 6.45) is 32.7. The largest absolute Gasteiger partial charge is 0.481 e. The molecule has 0 aromatic carbocycles. The van der Waals surface area contributed by atoms with Crippen LogP contribution < -0.4 is 0 Å². The normalized spacial score (nSPS) is 17.8. The van der Waals surface area contributed by atoms with Gasteiger partial charge in [-0.15, -0.1) is 8.58 Å². The molecule has 2 aliphatic carbocycles. The number of rotatable bonds is 16. The minimum atomic E-state index is -0.655. The maximum atomic E-state index is 10.3. The van der Waals surface area contributed by atoms with E-state index in [1.807, 2.05) is 0 Å². The molecule has 3 heteroatoms. The second-order valence-electron chi connectivity index (χ2n) is 10.2. The molecule has 2 fully saturated rings. The summed E-state index contributed by atoms with van der Waals surface area (Å²) in [6.45, 7) is 2.26. The van der Waals surface area contributed by atoms with Gasteiger partial charge in [0.15, 0.2) is 0 Å². The van der Waals surface area contributed by atoms with Crippen LogP contribution in [0.1, 0.15) is 161 Å². The van der Waals surface area contributed by atoms with Crippen molar-refractivity contribution in [1.29, 1.82) is 0 Å². The highest BCUT2D eigenvalue weighted by Gasteiger charge is 2.20. The first-order valence-electron chi connectivity index (χ1n) is 14.2. The van der Waals surface area contributed by atoms with Crippen molar-refractivity contribution in [3.05, 3.63) is 0 Å². The molecule has 0 amide bonds. The van der Waals surface area contributed by atoms with Crippen molar-refractivity contribution in [3.8, 4) is 0 Å². The zero-order valence-corrected chi connectivity index (χ0v) is 22.0. The van der Waals surface area contributed by atoms with Gasteiger partial charge in [0.05, 0.1) is 0 Å². The van der Waals surface area contributed by atoms with Gasteiger partial charge in [0.2, 0.25) is 0 Å². The average molecular weight is 455 g/mol. The van der Waals surface area contributed by atoms with Crippen molar-refractivity contribution in [3.63, 3.8) is 0 Å². The minimum Gasteiger partial charge on any atom is -0.481 e. The van der Waals surface area contributed by atoms with Gasteiger partial charge in [-0.05, 0) is 43.4 Å². The predicted molar refractivity (Wildman–Crippen MR) is 140 cm³/mol. The van der Waals surface area contributed by atoms with Crippen LogP contribution in [0.2, 0.25) is 0 Å². The van der Waals surface area contributed by atoms with Crippen molar-refractivity contribution in [1.82, 2.24) is 0 Å². The summed E-state index contributed by atoms with van der Waals surface area (Å²) >= 11 is 0. The smallest absolute Gasteiger partial charge is 0.303 e. The van der Waals surface area contributed by atoms with E-state index in [9.17, 15) is 4.79 Å². The summed E-state index contributed by atoms with van der Waals surface area (Å²) in [5, 5.41) is 8.49. The summed E-state index contributed by atoms with van der Waals surface area (Å²) < 4.78 is 0. The second-order valence-corrected chi connectivity index (χ2v) is 12.2. The first kappa shape index (κ1) is 28.9. The molecule has 0 bridgehead atoms. The van der Waals surface area contributed by atoms with Gasteiger partial charge in [-0.3, -0.25) is 4.79 Å². The van der Waals surface area contributed by atoms with Crippen molar-refractivity contribution < 1.29 is 9.90 Å². The zero-order valence-electron chi connectivity index (χ0n) is 21.0. The Morgan fingerprint density at radius 2 is 0.968 bits per heavy atom. The zero-order chi connectivity index (χ0) is 22.4. The molecule has 0 spiro atoms. The Labute approximate surface area is 196 Å². The van der Waals surface area contributed by atoms with Crippen LogP contribution in [0.15, 0.2) is 0 Å². The molecular formula is C28H55O2P. The Hall–Kier alpha value is -0.100. The summed E-state index contributed by atoms with van der Waals surface area (Å²) in [5.41, 5.74) is 2.30. The molecule has 184 valence electrons. The van der Waals surface area contributed by atoms with Crippen LogP contribution in [0.3, 0.4) is 0 Å². The first-order chi connectivity index (χ1) is 15.2. The van der Waals surface area contributed by atoms with Crippen molar-refractivity contribution in [2.45, 2.75) is 172 Å². The fraction of sp³-hybridized carbons (Fsp3) is 0.964. The van der Waals surface area contributed by atoms with Gasteiger partial charge in [0.25, 0.3) is 0 Å². The molecule has 2 nitrogen and oxygen atoms in total. The highest BCUT2D eigenvalue weighted by atomic mass is 31.1. The van der Waals surface area contributed by atoms with Gasteiger partial charge in [0.1, 0.15) is 0 Å². The maximum absolute atomic E-state index is 10.3. The van der Waals surface area contributed by atoms with E-state index >= 15 is 0 Å². The van der Waals surface area contributed by atoms with Crippen LogP contribution in [-0.4, -0.2) is 22.4 Å². The molecule has 2 saturated carbocycles. The lowest BCUT2D eigenvalue weighted by molar-refractivity contribution is -0.137. The Kier molecular flexibility index (Phi) is 20.3. The molecule has 0 aromatic heterocycles. The van der Waals surface area contributed by atoms with E-state index in [4.69, 9.17) is 5.11 Å². The third-order valence-electron chi connectivity index (χ3n) is 7.18. The van der Waals surface area contributed by atoms with E-state index in [0.717, 1.165) is 24.2 Å². The molecule has 0 saturated heterocycles. The van der Waals surface area contributed by atoms with E-state index in [2.05, 4.69) is 6.92 Å². The fourth-order valence-corrected chi connectivity index (χ4v) is 7.32. The van der Waals surface area contributed by atoms with Crippen molar-refractivity contribution in [2.75, 3.05) is 0 Å². The van der Waals surface area contributed by atoms with Crippen LogP contribution >= 0.6 is 8.58 Å². The third-order valence-corrected chi connectivity index (χ3v) is 9.27. The monoisotopic (exact) mass is 454 g/mol. The molecule has 0 atom stereocenters. The molecule has 0 unspecified atom stereocenters. The lowest BCUT2D eigenvalue weighted by atomic mass is 10.00. The van der Waals surface area contributed by atoms with E-state index in [-0.39, 0.29) is 0 Å². The molecule has 0 aliphatic heterocycles. The lowest BCUT2D eigenvalue weighted by Crippen LogP contribution is -2.14. The molecule has 1 N–H and O–H groups in total. The van der Waals surface area contributed by atoms with Crippen molar-refractivity contribution >= 4 is 14.6 Å². The summed E-state index contributed by atoms with van der Waals surface area (Å²) in [7, 11) is 1.33. The Balaban J connectivity index is 0.000000323. The molecule has 0 heterocycles. The van der Waals surface area contributed by atoms with Gasteiger partial charge in [-0.1, -0.05) is 122 Å². The highest BCUT2D eigenvalue weighted by molar-refractivity contribution is 7.39. The van der Waals surface area contributed by atoms with Crippen LogP contribution in [0.25, 0.3) is 0 Å². The first-order valence-corrected chi connectivity index (χ1v) is 15.4. The van der Waals surface area contributed by atoms with Gasteiger partial charge in [-0.25, -0.2) is 0 Å². The van der Waals surface area contributed by atoms with E-state index < -0.39 is 5.97 Å². The minimum absolute atomic E-state index is 0.345. The molecule has 2 rings (SSSR count). The molecular weight excluding hydrogens is 399 g/mol. The van der Waals surface area contributed by atoms with Crippen LogP contribution in [0.4, 0.5) is 0 Å². The lowest BCUT2D eigenvalue weighted by Gasteiger charge is -2.28. The summed E-state index contributed by atoms with van der Waals surface area (Å²) in [4.78, 5) is 10.3. The van der Waals surface area contributed by atoms with Crippen molar-refractivity contribution in [2.24, 2.45) is 0 Å². The number of carboxylic acid groups (broad SMARTS) is 1. The topological polar surface area (TPSA) is 37.3 Å². The standard InChI is InChI=1S/C16H32O2.C12H23P/c1-2-3-4-5-6-7-8-9-10-11-12-13-14-15-16(17)18;1-3-7-11(8-4-1)13-12-9-5-2-6-10-12/h2-15H2,1H3,(H,17,18);11-13H,1-10H2. The van der Waals surface area contributed by atoms with Gasteiger partial charge < -0.3 is 5.11 Å². The average Bonchev–Trinajstić information content (AvgIpc) is 2.79. The molecule has 31 heavy (non-hydrogen) atoms. The van der Waals surface area contributed by atoms with E-state index in [1.165, 1.54) is 118 Å². The maximum Gasteiger partial charge on any atom is 0.303 e. The quantitative estimate of drug-likeness (QED) is 0.186. The SMILES string of the molecule is C1CCC(PC2CCCCC2)CC1.CCCCCCCCCCCCCCCC(=O)O. The summed E-state index contributed by atoms with van der Waals surface area (Å²) in [6, 6.07) is 0. The number of aliphatic carboxylic acids is 1. The van der Waals surface area contributed by atoms with Gasteiger partial charge >= 0.3 is 5.97 Å². The van der Waals surface area contributed by atoms with E-state index in [0.29, 0.717) is 6.42 Å². The highest BCUT2D eigenvalue weighted by Crippen LogP contribution is 2.41. The number of carboxylic acids is 1. The predicted octanol–water partition coefficient (Wildman–Crippen LogP) is 9.88. The Morgan fingerprint density at radius 1 is 0.613 bits per heavy atom. The Bertz CT molecular complexity index is 370. The molecule has 2 aliphatic rings. The molecule has 0 aromatic rings. The number of carbonyl (C=O) groups is 1. The summed E-state index contributed by atoms with van der Waals surface area (Å²) in [5.74, 6) is -0.655. The number of hydrogen-bond acceptors (Lipinski definition) is 1. The molecule has 0 radical (unpaired) electrons. The number of hydrogen-bond donors (Lipinski definition) is 1.